The SMILES string of the molecule is COc1c(C)cccc1[C@H]1O[C@H](CC(C)=O)c2ccccc2-c2ccc(Cl)cc21. The molecule has 3 aromatic carbocycles. The number of ketones is 1. The Morgan fingerprint density at radius 2 is 1.72 bits per heavy atom. The predicted octanol–water partition coefficient (Wildman–Crippen LogP) is 6.46. The van der Waals surface area contributed by atoms with Crippen molar-refractivity contribution in [2.24, 2.45) is 0 Å². The Hall–Kier alpha value is -2.62. The molecule has 0 unspecified atom stereocenters. The lowest BCUT2D eigenvalue weighted by atomic mass is 9.90. The number of rotatable bonds is 4. The molecule has 0 radical (unpaired) electrons. The van der Waals surface area contributed by atoms with E-state index in [1.165, 1.54) is 0 Å². The molecule has 1 aliphatic rings. The van der Waals surface area contributed by atoms with Gasteiger partial charge in [-0.25, -0.2) is 0 Å². The number of fused-ring (bicyclic) bond motifs is 3. The Balaban J connectivity index is 1.99. The molecule has 29 heavy (non-hydrogen) atoms. The van der Waals surface area contributed by atoms with E-state index in [9.17, 15) is 4.79 Å². The number of methoxy groups -OCH3 is 1. The second-order valence-electron chi connectivity index (χ2n) is 7.43. The zero-order chi connectivity index (χ0) is 20.5. The normalized spacial score (nSPS) is 17.8. The fourth-order valence-corrected chi connectivity index (χ4v) is 4.33. The highest BCUT2D eigenvalue weighted by molar-refractivity contribution is 6.30. The molecule has 148 valence electrons. The average Bonchev–Trinajstić information content (AvgIpc) is 2.82. The van der Waals surface area contributed by atoms with Gasteiger partial charge in [0, 0.05) is 17.0 Å². The molecule has 3 nitrogen and oxygen atoms in total. The van der Waals surface area contributed by atoms with E-state index in [0.717, 1.165) is 39.1 Å². The van der Waals surface area contributed by atoms with E-state index in [1.807, 2.05) is 61.5 Å². The molecule has 0 spiro atoms. The summed E-state index contributed by atoms with van der Waals surface area (Å²) in [5.41, 5.74) is 6.07. The van der Waals surface area contributed by atoms with Crippen molar-refractivity contribution in [3.8, 4) is 16.9 Å². The number of hydrogen-bond donors (Lipinski definition) is 0. The molecular weight excluding hydrogens is 384 g/mol. The van der Waals surface area contributed by atoms with Crippen LogP contribution >= 0.6 is 11.6 Å². The van der Waals surface area contributed by atoms with Gasteiger partial charge < -0.3 is 9.47 Å². The lowest BCUT2D eigenvalue weighted by Crippen LogP contribution is -2.14. The summed E-state index contributed by atoms with van der Waals surface area (Å²) in [5.74, 6) is 0.875. The highest BCUT2D eigenvalue weighted by Gasteiger charge is 2.32. The molecule has 0 N–H and O–H groups in total. The van der Waals surface area contributed by atoms with Gasteiger partial charge in [0.1, 0.15) is 17.6 Å². The van der Waals surface area contributed by atoms with Gasteiger partial charge in [-0.2, -0.15) is 0 Å². The van der Waals surface area contributed by atoms with Crippen LogP contribution in [0.3, 0.4) is 0 Å². The van der Waals surface area contributed by atoms with E-state index in [1.54, 1.807) is 14.0 Å². The first-order chi connectivity index (χ1) is 14.0. The molecule has 0 saturated heterocycles. The van der Waals surface area contributed by atoms with Crippen molar-refractivity contribution in [2.75, 3.05) is 7.11 Å². The van der Waals surface area contributed by atoms with E-state index in [0.29, 0.717) is 11.4 Å². The number of aryl methyl sites for hydroxylation is 1. The first kappa shape index (κ1) is 19.7. The number of carbonyl (C=O) groups is 1. The molecule has 4 heteroatoms. The number of Topliss-reactive ketones (excluding diaryl/α,β-unsaturated/α-hetero) is 1. The summed E-state index contributed by atoms with van der Waals surface area (Å²) < 4.78 is 12.4. The van der Waals surface area contributed by atoms with Crippen LogP contribution in [0.1, 0.15) is 47.8 Å². The van der Waals surface area contributed by atoms with Gasteiger partial charge in [-0.3, -0.25) is 4.79 Å². The predicted molar refractivity (Wildman–Crippen MR) is 116 cm³/mol. The van der Waals surface area contributed by atoms with Crippen LogP contribution in [0.25, 0.3) is 11.1 Å². The summed E-state index contributed by atoms with van der Waals surface area (Å²) in [4.78, 5) is 12.1. The van der Waals surface area contributed by atoms with Crippen molar-refractivity contribution in [2.45, 2.75) is 32.5 Å². The summed E-state index contributed by atoms with van der Waals surface area (Å²) >= 11 is 6.39. The molecule has 3 aromatic rings. The van der Waals surface area contributed by atoms with Crippen molar-refractivity contribution in [3.63, 3.8) is 0 Å². The maximum Gasteiger partial charge on any atom is 0.132 e. The largest absolute Gasteiger partial charge is 0.496 e. The minimum Gasteiger partial charge on any atom is -0.496 e. The Morgan fingerprint density at radius 1 is 1.00 bits per heavy atom. The molecule has 0 bridgehead atoms. The molecule has 0 aliphatic carbocycles. The van der Waals surface area contributed by atoms with Crippen molar-refractivity contribution in [1.29, 1.82) is 0 Å². The smallest absolute Gasteiger partial charge is 0.132 e. The standard InChI is InChI=1S/C25H23ClO3/c1-15-7-6-10-21(24(15)28-3)25-22-14-17(26)11-12-19(22)18-8-4-5-9-20(18)23(29-25)13-16(2)27/h4-12,14,23,25H,13H2,1-3H3/t23-,25-/m1/s1. The van der Waals surface area contributed by atoms with Gasteiger partial charge in [0.25, 0.3) is 0 Å². The van der Waals surface area contributed by atoms with Gasteiger partial charge in [-0.1, -0.05) is 60.1 Å². The fraction of sp³-hybridized carbons (Fsp3) is 0.240. The van der Waals surface area contributed by atoms with Gasteiger partial charge in [0.15, 0.2) is 0 Å². The lowest BCUT2D eigenvalue weighted by Gasteiger charge is -2.25. The third kappa shape index (κ3) is 3.68. The molecule has 0 fully saturated rings. The molecule has 0 amide bonds. The number of benzene rings is 3. The van der Waals surface area contributed by atoms with Crippen molar-refractivity contribution < 1.29 is 14.3 Å². The summed E-state index contributed by atoms with van der Waals surface area (Å²) in [6.07, 6.45) is -0.455. The molecule has 2 atom stereocenters. The molecular formula is C25H23ClO3. The van der Waals surface area contributed by atoms with Crippen molar-refractivity contribution in [3.05, 3.63) is 87.9 Å². The summed E-state index contributed by atoms with van der Waals surface area (Å²) in [7, 11) is 1.67. The second-order valence-corrected chi connectivity index (χ2v) is 7.86. The van der Waals surface area contributed by atoms with Crippen LogP contribution in [-0.2, 0) is 9.53 Å². The van der Waals surface area contributed by atoms with E-state index in [2.05, 4.69) is 6.07 Å². The first-order valence-electron chi connectivity index (χ1n) is 9.66. The molecule has 1 aliphatic heterocycles. The van der Waals surface area contributed by atoms with Crippen LogP contribution in [0.4, 0.5) is 0 Å². The Labute approximate surface area is 176 Å². The maximum absolute atomic E-state index is 12.1. The first-order valence-corrected chi connectivity index (χ1v) is 10.0. The lowest BCUT2D eigenvalue weighted by molar-refractivity contribution is -0.120. The minimum absolute atomic E-state index is 0.0868. The van der Waals surface area contributed by atoms with E-state index in [4.69, 9.17) is 21.1 Å². The fourth-order valence-electron chi connectivity index (χ4n) is 4.15. The summed E-state index contributed by atoms with van der Waals surface area (Å²) in [5, 5.41) is 0.645. The van der Waals surface area contributed by atoms with Crippen LogP contribution in [0.2, 0.25) is 5.02 Å². The molecule has 1 heterocycles. The number of para-hydroxylation sites is 1. The average molecular weight is 407 g/mol. The van der Waals surface area contributed by atoms with Gasteiger partial charge in [0.05, 0.1) is 13.2 Å². The number of halogens is 1. The number of hydrogen-bond acceptors (Lipinski definition) is 3. The third-order valence-corrected chi connectivity index (χ3v) is 5.63. The van der Waals surface area contributed by atoms with Gasteiger partial charge in [0.2, 0.25) is 0 Å². The zero-order valence-electron chi connectivity index (χ0n) is 16.7. The molecule has 0 aromatic heterocycles. The number of carbonyl (C=O) groups excluding carboxylic acids is 1. The van der Waals surface area contributed by atoms with Gasteiger partial charge >= 0.3 is 0 Å². The minimum atomic E-state index is -0.407. The summed E-state index contributed by atoms with van der Waals surface area (Å²) in [6.45, 7) is 3.61. The number of ether oxygens (including phenoxy) is 2. The highest BCUT2D eigenvalue weighted by atomic mass is 35.5. The molecule has 4 rings (SSSR count). The third-order valence-electron chi connectivity index (χ3n) is 5.40. The van der Waals surface area contributed by atoms with Gasteiger partial charge in [-0.05, 0) is 53.8 Å². The Kier molecular flexibility index (Phi) is 5.44. The summed E-state index contributed by atoms with van der Waals surface area (Å²) in [6, 6.07) is 20.0. The highest BCUT2D eigenvalue weighted by Crippen LogP contribution is 2.48. The van der Waals surface area contributed by atoms with Crippen molar-refractivity contribution >= 4 is 17.4 Å². The van der Waals surface area contributed by atoms with Crippen LogP contribution in [0.5, 0.6) is 5.75 Å². The van der Waals surface area contributed by atoms with Gasteiger partial charge in [-0.15, -0.1) is 0 Å². The van der Waals surface area contributed by atoms with Crippen LogP contribution in [0, 0.1) is 6.92 Å². The topological polar surface area (TPSA) is 35.5 Å². The van der Waals surface area contributed by atoms with E-state index in [-0.39, 0.29) is 11.9 Å². The molecule has 0 saturated carbocycles. The quantitative estimate of drug-likeness (QED) is 0.498. The zero-order valence-corrected chi connectivity index (χ0v) is 17.5. The van der Waals surface area contributed by atoms with Crippen LogP contribution in [0.15, 0.2) is 60.7 Å². The second kappa shape index (κ2) is 8.02. The monoisotopic (exact) mass is 406 g/mol. The van der Waals surface area contributed by atoms with E-state index < -0.39 is 6.10 Å². The van der Waals surface area contributed by atoms with E-state index >= 15 is 0 Å². The Morgan fingerprint density at radius 3 is 2.48 bits per heavy atom. The Bertz CT molecular complexity index is 1070. The van der Waals surface area contributed by atoms with Crippen LogP contribution in [-0.4, -0.2) is 12.9 Å². The van der Waals surface area contributed by atoms with Crippen molar-refractivity contribution in [1.82, 2.24) is 0 Å². The van der Waals surface area contributed by atoms with Crippen LogP contribution < -0.4 is 4.74 Å². The maximum atomic E-state index is 12.1.